The van der Waals surface area contributed by atoms with Crippen LogP contribution in [0, 0.1) is 6.07 Å². The van der Waals surface area contributed by atoms with E-state index in [1.807, 2.05) is 17.6 Å². The van der Waals surface area contributed by atoms with Gasteiger partial charge in [0.15, 0.2) is 0 Å². The minimum atomic E-state index is 0.437. The molecule has 2 aromatic carbocycles. The minimum absolute atomic E-state index is 0.437. The lowest BCUT2D eigenvalue weighted by Gasteiger charge is -2.39. The third-order valence-corrected chi connectivity index (χ3v) is 5.57. The van der Waals surface area contributed by atoms with Crippen molar-refractivity contribution in [1.82, 2.24) is 9.88 Å². The van der Waals surface area contributed by atoms with E-state index in [0.717, 1.165) is 31.7 Å². The SMILES string of the molecule is CC(c1ccc2scnc2c1)N1CCN(c2cc[c]cc2)CC1. The lowest BCUT2D eigenvalue weighted by atomic mass is 10.1. The van der Waals surface area contributed by atoms with Gasteiger partial charge in [0.25, 0.3) is 0 Å². The summed E-state index contributed by atoms with van der Waals surface area (Å²) in [7, 11) is 0. The van der Waals surface area contributed by atoms with E-state index >= 15 is 0 Å². The zero-order chi connectivity index (χ0) is 15.6. The summed E-state index contributed by atoms with van der Waals surface area (Å²) in [6.45, 7) is 6.64. The van der Waals surface area contributed by atoms with E-state index in [-0.39, 0.29) is 0 Å². The molecule has 3 nitrogen and oxygen atoms in total. The largest absolute Gasteiger partial charge is 0.369 e. The number of hydrogen-bond donors (Lipinski definition) is 0. The van der Waals surface area contributed by atoms with Crippen molar-refractivity contribution in [3.63, 3.8) is 0 Å². The summed E-state index contributed by atoms with van der Waals surface area (Å²) in [6.07, 6.45) is 0. The molecule has 2 heterocycles. The number of aromatic nitrogens is 1. The highest BCUT2D eigenvalue weighted by Crippen LogP contribution is 2.27. The third kappa shape index (κ3) is 2.96. The molecular weight excluding hydrogens is 302 g/mol. The number of thiazole rings is 1. The first-order chi connectivity index (χ1) is 11.3. The number of nitrogens with zero attached hydrogens (tertiary/aromatic N) is 3. The van der Waals surface area contributed by atoms with Gasteiger partial charge in [0.1, 0.15) is 0 Å². The number of benzene rings is 2. The molecular formula is C19H20N3S. The Balaban J connectivity index is 1.45. The summed E-state index contributed by atoms with van der Waals surface area (Å²) in [5.74, 6) is 0. The molecule has 0 bridgehead atoms. The Labute approximate surface area is 141 Å². The summed E-state index contributed by atoms with van der Waals surface area (Å²) < 4.78 is 1.27. The number of rotatable bonds is 3. The van der Waals surface area contributed by atoms with Gasteiger partial charge in [0.2, 0.25) is 0 Å². The van der Waals surface area contributed by atoms with Crippen molar-refractivity contribution < 1.29 is 0 Å². The fraction of sp³-hybridized carbons (Fsp3) is 0.316. The second-order valence-corrected chi connectivity index (χ2v) is 6.92. The van der Waals surface area contributed by atoms with Gasteiger partial charge in [-0.2, -0.15) is 0 Å². The Morgan fingerprint density at radius 2 is 1.87 bits per heavy atom. The molecule has 3 aromatic rings. The fourth-order valence-corrected chi connectivity index (χ4v) is 3.96. The van der Waals surface area contributed by atoms with Gasteiger partial charge >= 0.3 is 0 Å². The van der Waals surface area contributed by atoms with E-state index in [2.05, 4.69) is 58.1 Å². The van der Waals surface area contributed by atoms with E-state index in [9.17, 15) is 0 Å². The van der Waals surface area contributed by atoms with Crippen molar-refractivity contribution in [2.45, 2.75) is 13.0 Å². The highest BCUT2D eigenvalue weighted by Gasteiger charge is 2.22. The summed E-state index contributed by atoms with van der Waals surface area (Å²) in [6, 6.07) is 18.5. The summed E-state index contributed by atoms with van der Waals surface area (Å²) in [5, 5.41) is 0. The van der Waals surface area contributed by atoms with Gasteiger partial charge in [-0.25, -0.2) is 4.98 Å². The van der Waals surface area contributed by atoms with Crippen LogP contribution in [0.5, 0.6) is 0 Å². The summed E-state index contributed by atoms with van der Waals surface area (Å²) >= 11 is 1.71. The zero-order valence-corrected chi connectivity index (χ0v) is 14.1. The van der Waals surface area contributed by atoms with Gasteiger partial charge in [-0.3, -0.25) is 4.90 Å². The molecule has 1 aliphatic rings. The Morgan fingerprint density at radius 1 is 1.09 bits per heavy atom. The average molecular weight is 322 g/mol. The van der Waals surface area contributed by atoms with E-state index < -0.39 is 0 Å². The molecule has 4 rings (SSSR count). The van der Waals surface area contributed by atoms with Crippen LogP contribution in [0.15, 0.2) is 48.0 Å². The number of fused-ring (bicyclic) bond motifs is 1. The van der Waals surface area contributed by atoms with Crippen molar-refractivity contribution >= 4 is 27.2 Å². The van der Waals surface area contributed by atoms with E-state index in [4.69, 9.17) is 0 Å². The molecule has 0 spiro atoms. The molecule has 0 aliphatic carbocycles. The van der Waals surface area contributed by atoms with E-state index in [0.29, 0.717) is 6.04 Å². The molecule has 23 heavy (non-hydrogen) atoms. The maximum absolute atomic E-state index is 4.45. The van der Waals surface area contributed by atoms with Gasteiger partial charge in [0.05, 0.1) is 15.7 Å². The average Bonchev–Trinajstić information content (AvgIpc) is 3.10. The van der Waals surface area contributed by atoms with Crippen LogP contribution in [-0.2, 0) is 0 Å². The van der Waals surface area contributed by atoms with Gasteiger partial charge < -0.3 is 4.90 Å². The normalized spacial score (nSPS) is 17.5. The van der Waals surface area contributed by atoms with Crippen LogP contribution in [0.3, 0.4) is 0 Å². The number of hydrogen-bond acceptors (Lipinski definition) is 4. The quantitative estimate of drug-likeness (QED) is 0.727. The minimum Gasteiger partial charge on any atom is -0.369 e. The number of anilines is 1. The summed E-state index contributed by atoms with van der Waals surface area (Å²) in [5.41, 5.74) is 5.72. The maximum atomic E-state index is 4.45. The first-order valence-electron chi connectivity index (χ1n) is 8.09. The Kier molecular flexibility index (Phi) is 4.02. The second kappa shape index (κ2) is 6.30. The van der Waals surface area contributed by atoms with Crippen molar-refractivity contribution in [2.24, 2.45) is 0 Å². The first kappa shape index (κ1) is 14.7. The van der Waals surface area contributed by atoms with Crippen LogP contribution in [0.25, 0.3) is 10.2 Å². The van der Waals surface area contributed by atoms with Crippen LogP contribution in [0.4, 0.5) is 5.69 Å². The van der Waals surface area contributed by atoms with Crippen LogP contribution in [0.1, 0.15) is 18.5 Å². The molecule has 1 aromatic heterocycles. The van der Waals surface area contributed by atoms with Crippen molar-refractivity contribution in [2.75, 3.05) is 31.1 Å². The highest BCUT2D eigenvalue weighted by atomic mass is 32.1. The molecule has 1 unspecified atom stereocenters. The second-order valence-electron chi connectivity index (χ2n) is 6.04. The maximum Gasteiger partial charge on any atom is 0.0815 e. The molecule has 1 saturated heterocycles. The molecule has 0 N–H and O–H groups in total. The van der Waals surface area contributed by atoms with Crippen LogP contribution in [0.2, 0.25) is 0 Å². The third-order valence-electron chi connectivity index (χ3n) is 4.76. The standard InChI is InChI=1S/C19H20N3S/c1-15(16-7-8-19-18(13-16)20-14-23-19)21-9-11-22(12-10-21)17-5-3-2-4-6-17/h3-8,13-15H,9-12H2,1H3. The Bertz CT molecular complexity index is 775. The smallest absolute Gasteiger partial charge is 0.0815 e. The Hall–Kier alpha value is -1.91. The van der Waals surface area contributed by atoms with E-state index in [1.54, 1.807) is 11.3 Å². The number of piperazine rings is 1. The van der Waals surface area contributed by atoms with Gasteiger partial charge in [0, 0.05) is 37.9 Å². The topological polar surface area (TPSA) is 19.4 Å². The predicted octanol–water partition coefficient (Wildman–Crippen LogP) is 3.98. The van der Waals surface area contributed by atoms with Gasteiger partial charge in [-0.1, -0.05) is 18.2 Å². The first-order valence-corrected chi connectivity index (χ1v) is 8.97. The van der Waals surface area contributed by atoms with Crippen LogP contribution < -0.4 is 4.90 Å². The lowest BCUT2D eigenvalue weighted by Crippen LogP contribution is -2.47. The molecule has 1 aliphatic heterocycles. The van der Waals surface area contributed by atoms with E-state index in [1.165, 1.54) is 16.0 Å². The van der Waals surface area contributed by atoms with Gasteiger partial charge in [-0.05, 0) is 42.8 Å². The molecule has 1 atom stereocenters. The van der Waals surface area contributed by atoms with Crippen molar-refractivity contribution in [3.8, 4) is 0 Å². The summed E-state index contributed by atoms with van der Waals surface area (Å²) in [4.78, 5) is 9.47. The van der Waals surface area contributed by atoms with Crippen molar-refractivity contribution in [1.29, 1.82) is 0 Å². The monoisotopic (exact) mass is 322 g/mol. The molecule has 4 heteroatoms. The van der Waals surface area contributed by atoms with Crippen LogP contribution >= 0.6 is 11.3 Å². The van der Waals surface area contributed by atoms with Crippen LogP contribution in [-0.4, -0.2) is 36.1 Å². The zero-order valence-electron chi connectivity index (χ0n) is 13.3. The molecule has 117 valence electrons. The highest BCUT2D eigenvalue weighted by molar-refractivity contribution is 7.16. The molecule has 0 amide bonds. The van der Waals surface area contributed by atoms with Crippen molar-refractivity contribution in [3.05, 3.63) is 59.6 Å². The molecule has 1 fully saturated rings. The molecule has 1 radical (unpaired) electrons. The predicted molar refractivity (Wildman–Crippen MR) is 97.1 cm³/mol. The Morgan fingerprint density at radius 3 is 2.65 bits per heavy atom. The van der Waals surface area contributed by atoms with Gasteiger partial charge in [-0.15, -0.1) is 11.3 Å². The fourth-order valence-electron chi connectivity index (χ4n) is 3.30. The molecule has 0 saturated carbocycles. The lowest BCUT2D eigenvalue weighted by molar-refractivity contribution is 0.198.